The molecule has 2 aromatic carbocycles. The molecule has 6 nitrogen and oxygen atoms in total. The number of amides is 1. The number of rotatable bonds is 5. The number of aromatic hydroxyl groups is 1. The number of halogens is 2. The fourth-order valence-electron chi connectivity index (χ4n) is 3.57. The SMILES string of the molecule is O=C(CCc1ncc(-c2c(F)cccc2F)o1)N1CCN(c2ccccc2O)CC1. The van der Waals surface area contributed by atoms with Crippen molar-refractivity contribution in [2.45, 2.75) is 12.8 Å². The van der Waals surface area contributed by atoms with Gasteiger partial charge in [0.1, 0.15) is 17.4 Å². The molecule has 8 heteroatoms. The maximum atomic E-state index is 13.9. The number of anilines is 1. The van der Waals surface area contributed by atoms with E-state index < -0.39 is 11.6 Å². The van der Waals surface area contributed by atoms with Crippen molar-refractivity contribution < 1.29 is 23.1 Å². The van der Waals surface area contributed by atoms with Gasteiger partial charge in [0.25, 0.3) is 0 Å². The van der Waals surface area contributed by atoms with E-state index >= 15 is 0 Å². The first-order chi connectivity index (χ1) is 14.5. The summed E-state index contributed by atoms with van der Waals surface area (Å²) < 4.78 is 33.2. The second kappa shape index (κ2) is 8.52. The average Bonchev–Trinajstić information content (AvgIpc) is 3.21. The molecule has 2 heterocycles. The van der Waals surface area contributed by atoms with Crippen LogP contribution in [0.15, 0.2) is 53.1 Å². The molecule has 1 saturated heterocycles. The summed E-state index contributed by atoms with van der Waals surface area (Å²) in [5, 5.41) is 9.98. The van der Waals surface area contributed by atoms with Gasteiger partial charge < -0.3 is 19.3 Å². The second-order valence-corrected chi connectivity index (χ2v) is 7.07. The lowest BCUT2D eigenvalue weighted by molar-refractivity contribution is -0.131. The number of aromatic nitrogens is 1. The molecule has 0 unspecified atom stereocenters. The van der Waals surface area contributed by atoms with E-state index in [1.165, 1.54) is 12.3 Å². The standard InChI is InChI=1S/C22H21F2N3O3/c23-15-4-3-5-16(24)22(15)19-14-25-20(30-19)8-9-21(29)27-12-10-26(11-13-27)17-6-1-2-7-18(17)28/h1-7,14,28H,8-13H2. The van der Waals surface area contributed by atoms with Crippen LogP contribution in [0.2, 0.25) is 0 Å². The Balaban J connectivity index is 1.32. The minimum atomic E-state index is -0.726. The van der Waals surface area contributed by atoms with Gasteiger partial charge in [-0.2, -0.15) is 0 Å². The van der Waals surface area contributed by atoms with E-state index in [4.69, 9.17) is 4.42 Å². The van der Waals surface area contributed by atoms with Crippen molar-refractivity contribution in [2.24, 2.45) is 0 Å². The Morgan fingerprint density at radius 3 is 2.43 bits per heavy atom. The first-order valence-corrected chi connectivity index (χ1v) is 9.73. The number of hydrogen-bond acceptors (Lipinski definition) is 5. The number of carbonyl (C=O) groups is 1. The predicted molar refractivity (Wildman–Crippen MR) is 107 cm³/mol. The van der Waals surface area contributed by atoms with E-state index in [-0.39, 0.29) is 41.7 Å². The second-order valence-electron chi connectivity index (χ2n) is 7.07. The molecule has 156 valence electrons. The Morgan fingerprint density at radius 2 is 1.73 bits per heavy atom. The van der Waals surface area contributed by atoms with Gasteiger partial charge in [-0.25, -0.2) is 13.8 Å². The molecule has 3 aromatic rings. The largest absolute Gasteiger partial charge is 0.506 e. The Bertz CT molecular complexity index is 1030. The van der Waals surface area contributed by atoms with Crippen molar-refractivity contribution in [3.8, 4) is 17.1 Å². The summed E-state index contributed by atoms with van der Waals surface area (Å²) in [5.41, 5.74) is 0.500. The maximum Gasteiger partial charge on any atom is 0.223 e. The van der Waals surface area contributed by atoms with Gasteiger partial charge in [-0.1, -0.05) is 18.2 Å². The summed E-state index contributed by atoms with van der Waals surface area (Å²) in [5.74, 6) is -1.00. The monoisotopic (exact) mass is 413 g/mol. The number of phenols is 1. The van der Waals surface area contributed by atoms with Crippen LogP contribution in [0.4, 0.5) is 14.5 Å². The summed E-state index contributed by atoms with van der Waals surface area (Å²) in [6.45, 7) is 2.34. The van der Waals surface area contributed by atoms with E-state index in [2.05, 4.69) is 4.98 Å². The number of hydrogen-bond donors (Lipinski definition) is 1. The molecule has 1 N–H and O–H groups in total. The molecule has 1 fully saturated rings. The van der Waals surface area contributed by atoms with Gasteiger partial charge in [0.05, 0.1) is 17.4 Å². The summed E-state index contributed by atoms with van der Waals surface area (Å²) >= 11 is 0. The number of carbonyl (C=O) groups excluding carboxylic acids is 1. The van der Waals surface area contributed by atoms with E-state index in [1.807, 2.05) is 17.0 Å². The highest BCUT2D eigenvalue weighted by Crippen LogP contribution is 2.28. The maximum absolute atomic E-state index is 13.9. The van der Waals surface area contributed by atoms with E-state index in [9.17, 15) is 18.7 Å². The van der Waals surface area contributed by atoms with Crippen LogP contribution in [0.3, 0.4) is 0 Å². The molecule has 30 heavy (non-hydrogen) atoms. The average molecular weight is 413 g/mol. The molecule has 4 rings (SSSR count). The lowest BCUT2D eigenvalue weighted by Gasteiger charge is -2.36. The predicted octanol–water partition coefficient (Wildman–Crippen LogP) is 3.61. The third kappa shape index (κ3) is 4.12. The number of aryl methyl sites for hydroxylation is 1. The molecule has 1 aliphatic rings. The normalized spacial score (nSPS) is 14.2. The molecule has 0 atom stereocenters. The zero-order valence-corrected chi connectivity index (χ0v) is 16.2. The fourth-order valence-corrected chi connectivity index (χ4v) is 3.57. The first kappa shape index (κ1) is 19.9. The van der Waals surface area contributed by atoms with Crippen molar-refractivity contribution in [3.05, 3.63) is 66.2 Å². The summed E-state index contributed by atoms with van der Waals surface area (Å²) in [4.78, 5) is 20.4. The van der Waals surface area contributed by atoms with Crippen molar-refractivity contribution in [3.63, 3.8) is 0 Å². The number of phenolic OH excluding ortho intramolecular Hbond substituents is 1. The Labute approximate surface area is 172 Å². The van der Waals surface area contributed by atoms with Gasteiger partial charge in [-0.15, -0.1) is 0 Å². The van der Waals surface area contributed by atoms with Gasteiger partial charge >= 0.3 is 0 Å². The summed E-state index contributed by atoms with van der Waals surface area (Å²) in [7, 11) is 0. The molecular formula is C22H21F2N3O3. The molecule has 0 aliphatic carbocycles. The summed E-state index contributed by atoms with van der Waals surface area (Å²) in [6, 6.07) is 10.7. The van der Waals surface area contributed by atoms with E-state index in [0.29, 0.717) is 26.2 Å². The summed E-state index contributed by atoms with van der Waals surface area (Å²) in [6.07, 6.45) is 1.71. The lowest BCUT2D eigenvalue weighted by Crippen LogP contribution is -2.48. The van der Waals surface area contributed by atoms with Gasteiger partial charge in [-0.05, 0) is 24.3 Å². The van der Waals surface area contributed by atoms with Crippen molar-refractivity contribution in [1.29, 1.82) is 0 Å². The fraction of sp³-hybridized carbons (Fsp3) is 0.273. The van der Waals surface area contributed by atoms with Gasteiger partial charge in [0.2, 0.25) is 5.91 Å². The number of piperazine rings is 1. The third-order valence-electron chi connectivity index (χ3n) is 5.17. The molecule has 1 aromatic heterocycles. The van der Waals surface area contributed by atoms with Crippen LogP contribution >= 0.6 is 0 Å². The number of nitrogens with zero attached hydrogens (tertiary/aromatic N) is 3. The third-order valence-corrected chi connectivity index (χ3v) is 5.17. The highest BCUT2D eigenvalue weighted by Gasteiger charge is 2.23. The highest BCUT2D eigenvalue weighted by atomic mass is 19.1. The van der Waals surface area contributed by atoms with Crippen molar-refractivity contribution in [2.75, 3.05) is 31.1 Å². The number of oxazole rings is 1. The smallest absolute Gasteiger partial charge is 0.223 e. The Morgan fingerprint density at radius 1 is 1.03 bits per heavy atom. The van der Waals surface area contributed by atoms with E-state index in [0.717, 1.165) is 17.8 Å². The quantitative estimate of drug-likeness (QED) is 0.692. The van der Waals surface area contributed by atoms with Crippen LogP contribution in [-0.2, 0) is 11.2 Å². The number of para-hydroxylation sites is 2. The van der Waals surface area contributed by atoms with E-state index in [1.54, 1.807) is 17.0 Å². The van der Waals surface area contributed by atoms with Crippen LogP contribution in [-0.4, -0.2) is 47.1 Å². The van der Waals surface area contributed by atoms with Gasteiger partial charge in [0, 0.05) is 39.0 Å². The minimum absolute atomic E-state index is 0.00401. The first-order valence-electron chi connectivity index (χ1n) is 9.73. The van der Waals surface area contributed by atoms with Crippen LogP contribution in [0.25, 0.3) is 11.3 Å². The Hall–Kier alpha value is -3.42. The molecule has 0 bridgehead atoms. The van der Waals surface area contributed by atoms with Gasteiger partial charge in [0.15, 0.2) is 11.7 Å². The topological polar surface area (TPSA) is 69.8 Å². The van der Waals surface area contributed by atoms with Crippen LogP contribution in [0, 0.1) is 11.6 Å². The van der Waals surface area contributed by atoms with Crippen molar-refractivity contribution >= 4 is 11.6 Å². The van der Waals surface area contributed by atoms with Crippen molar-refractivity contribution in [1.82, 2.24) is 9.88 Å². The van der Waals surface area contributed by atoms with Crippen LogP contribution in [0.5, 0.6) is 5.75 Å². The van der Waals surface area contributed by atoms with Gasteiger partial charge in [-0.3, -0.25) is 4.79 Å². The van der Waals surface area contributed by atoms with Crippen LogP contribution < -0.4 is 4.90 Å². The molecular weight excluding hydrogens is 392 g/mol. The minimum Gasteiger partial charge on any atom is -0.506 e. The lowest BCUT2D eigenvalue weighted by atomic mass is 10.1. The molecule has 0 spiro atoms. The Kier molecular flexibility index (Phi) is 5.65. The highest BCUT2D eigenvalue weighted by molar-refractivity contribution is 5.76. The molecule has 0 saturated carbocycles. The molecule has 1 amide bonds. The molecule has 0 radical (unpaired) electrons. The number of benzene rings is 2. The zero-order valence-electron chi connectivity index (χ0n) is 16.2. The zero-order chi connectivity index (χ0) is 21.1. The van der Waals surface area contributed by atoms with Crippen LogP contribution in [0.1, 0.15) is 12.3 Å². The molecule has 1 aliphatic heterocycles.